The van der Waals surface area contributed by atoms with Gasteiger partial charge in [0.15, 0.2) is 5.96 Å². The summed E-state index contributed by atoms with van der Waals surface area (Å²) in [6, 6.07) is 8.66. The third kappa shape index (κ3) is 9.89. The van der Waals surface area contributed by atoms with E-state index in [0.29, 0.717) is 12.6 Å². The maximum atomic E-state index is 6.03. The number of nitrogens with one attached hydrogen (secondary N) is 2. The Labute approximate surface area is 170 Å². The Morgan fingerprint density at radius 3 is 2.40 bits per heavy atom. The van der Waals surface area contributed by atoms with E-state index < -0.39 is 0 Å². The van der Waals surface area contributed by atoms with E-state index in [9.17, 15) is 0 Å². The van der Waals surface area contributed by atoms with Crippen molar-refractivity contribution in [1.29, 1.82) is 0 Å². The van der Waals surface area contributed by atoms with Crippen LogP contribution in [0.1, 0.15) is 40.2 Å². The molecular weight excluding hydrogens is 427 g/mol. The van der Waals surface area contributed by atoms with Crippen molar-refractivity contribution < 1.29 is 4.74 Å². The normalized spacial score (nSPS) is 12.1. The Kier molecular flexibility index (Phi) is 11.1. The molecular formula is C19H35IN4O. The van der Waals surface area contributed by atoms with Crippen molar-refractivity contribution in [3.63, 3.8) is 0 Å². The first kappa shape index (κ1) is 24.0. The highest BCUT2D eigenvalue weighted by Crippen LogP contribution is 2.22. The number of halogens is 1. The second kappa shape index (κ2) is 11.6. The quantitative estimate of drug-likeness (QED) is 0.370. The van der Waals surface area contributed by atoms with E-state index in [1.165, 1.54) is 0 Å². The van der Waals surface area contributed by atoms with Gasteiger partial charge in [-0.3, -0.25) is 4.99 Å². The van der Waals surface area contributed by atoms with Gasteiger partial charge in [-0.15, -0.1) is 24.0 Å². The van der Waals surface area contributed by atoms with E-state index in [-0.39, 0.29) is 29.6 Å². The zero-order valence-electron chi connectivity index (χ0n) is 16.7. The van der Waals surface area contributed by atoms with Gasteiger partial charge in [-0.1, -0.05) is 18.2 Å². The average Bonchev–Trinajstić information content (AvgIpc) is 2.50. The van der Waals surface area contributed by atoms with E-state index in [1.54, 1.807) is 7.05 Å². The van der Waals surface area contributed by atoms with Crippen molar-refractivity contribution >= 4 is 29.9 Å². The Balaban J connectivity index is 0.00000576. The molecule has 0 atom stereocenters. The molecule has 0 unspecified atom stereocenters. The minimum absolute atomic E-state index is 0. The van der Waals surface area contributed by atoms with Gasteiger partial charge in [-0.05, 0) is 47.7 Å². The summed E-state index contributed by atoms with van der Waals surface area (Å²) >= 11 is 0. The van der Waals surface area contributed by atoms with Gasteiger partial charge >= 0.3 is 0 Å². The van der Waals surface area contributed by atoms with Crippen molar-refractivity contribution in [2.45, 2.75) is 52.8 Å². The summed E-state index contributed by atoms with van der Waals surface area (Å²) in [6.45, 7) is 13.1. The number of aliphatic imine (C=N–C) groups is 1. The van der Waals surface area contributed by atoms with Crippen LogP contribution in [0.5, 0.6) is 5.75 Å². The summed E-state index contributed by atoms with van der Waals surface area (Å²) in [7, 11) is 3.92. The number of ether oxygens (including phenoxy) is 1. The Bertz CT molecular complexity index is 526. The minimum Gasteiger partial charge on any atom is -0.488 e. The third-order valence-corrected chi connectivity index (χ3v) is 3.70. The number of para-hydroxylation sites is 1. The molecule has 25 heavy (non-hydrogen) atoms. The smallest absolute Gasteiger partial charge is 0.191 e. The summed E-state index contributed by atoms with van der Waals surface area (Å²) in [5.41, 5.74) is 0.909. The van der Waals surface area contributed by atoms with Crippen LogP contribution in [-0.2, 0) is 6.54 Å². The summed E-state index contributed by atoms with van der Waals surface area (Å²) in [5, 5.41) is 6.70. The van der Waals surface area contributed by atoms with E-state index >= 15 is 0 Å². The predicted molar refractivity (Wildman–Crippen MR) is 118 cm³/mol. The Hall–Kier alpha value is -1.02. The lowest BCUT2D eigenvalue weighted by molar-refractivity contribution is 0.129. The van der Waals surface area contributed by atoms with Gasteiger partial charge < -0.3 is 20.3 Å². The molecule has 1 aromatic rings. The number of likely N-dealkylation sites (N-methyl/N-ethyl adjacent to an activating group) is 1. The van der Waals surface area contributed by atoms with Crippen LogP contribution in [0.25, 0.3) is 0 Å². The number of rotatable bonds is 7. The molecule has 0 saturated carbocycles. The molecule has 0 radical (unpaired) electrons. The number of nitrogens with zero attached hydrogens (tertiary/aromatic N) is 2. The van der Waals surface area contributed by atoms with Crippen molar-refractivity contribution in [2.24, 2.45) is 4.99 Å². The molecule has 0 spiro atoms. The second-order valence-electron chi connectivity index (χ2n) is 7.25. The second-order valence-corrected chi connectivity index (χ2v) is 7.25. The fourth-order valence-electron chi connectivity index (χ4n) is 2.09. The number of hydrogen-bond acceptors (Lipinski definition) is 3. The van der Waals surface area contributed by atoms with Crippen molar-refractivity contribution in [3.05, 3.63) is 29.8 Å². The molecule has 0 heterocycles. The number of benzene rings is 1. The Morgan fingerprint density at radius 2 is 1.84 bits per heavy atom. The van der Waals surface area contributed by atoms with Crippen LogP contribution in [0.3, 0.4) is 0 Å². The lowest BCUT2D eigenvalue weighted by Crippen LogP contribution is -2.41. The fraction of sp³-hybridized carbons (Fsp3) is 0.632. The molecule has 0 saturated heterocycles. The molecule has 1 rings (SSSR count). The highest BCUT2D eigenvalue weighted by molar-refractivity contribution is 14.0. The molecule has 0 bridgehead atoms. The minimum atomic E-state index is -0.211. The molecule has 0 aliphatic heterocycles. The third-order valence-electron chi connectivity index (χ3n) is 3.70. The van der Waals surface area contributed by atoms with E-state index in [0.717, 1.165) is 30.4 Å². The van der Waals surface area contributed by atoms with Crippen molar-refractivity contribution in [1.82, 2.24) is 15.5 Å². The van der Waals surface area contributed by atoms with Gasteiger partial charge in [-0.2, -0.15) is 0 Å². The molecule has 144 valence electrons. The number of guanidine groups is 1. The lowest BCUT2D eigenvalue weighted by atomic mass is 10.1. The standard InChI is InChI=1S/C19H34N4O.HI/c1-15(2)23(7)13-12-21-18(20-6)22-14-16-10-8-9-11-17(16)24-19(3,4)5;/h8-11,15H,12-14H2,1-7H3,(H2,20,21,22);1H. The van der Waals surface area contributed by atoms with Crippen LogP contribution in [-0.4, -0.2) is 49.7 Å². The van der Waals surface area contributed by atoms with Gasteiger partial charge in [0.1, 0.15) is 11.4 Å². The van der Waals surface area contributed by atoms with Crippen LogP contribution in [0.15, 0.2) is 29.3 Å². The maximum absolute atomic E-state index is 6.03. The van der Waals surface area contributed by atoms with Crippen LogP contribution >= 0.6 is 24.0 Å². The first-order chi connectivity index (χ1) is 11.2. The highest BCUT2D eigenvalue weighted by atomic mass is 127. The predicted octanol–water partition coefficient (Wildman–Crippen LogP) is 3.49. The van der Waals surface area contributed by atoms with Gasteiger partial charge in [0.2, 0.25) is 0 Å². The molecule has 5 nitrogen and oxygen atoms in total. The van der Waals surface area contributed by atoms with Crippen LogP contribution < -0.4 is 15.4 Å². The maximum Gasteiger partial charge on any atom is 0.191 e. The van der Waals surface area contributed by atoms with Gasteiger partial charge in [-0.25, -0.2) is 0 Å². The largest absolute Gasteiger partial charge is 0.488 e. The molecule has 0 amide bonds. The van der Waals surface area contributed by atoms with Crippen LogP contribution in [0.2, 0.25) is 0 Å². The molecule has 2 N–H and O–H groups in total. The van der Waals surface area contributed by atoms with Crippen LogP contribution in [0, 0.1) is 0 Å². The molecule has 0 aliphatic rings. The van der Waals surface area contributed by atoms with Crippen molar-refractivity contribution in [2.75, 3.05) is 27.2 Å². The molecule has 6 heteroatoms. The van der Waals surface area contributed by atoms with Crippen LogP contribution in [0.4, 0.5) is 0 Å². The van der Waals surface area contributed by atoms with Crippen molar-refractivity contribution in [3.8, 4) is 5.75 Å². The monoisotopic (exact) mass is 462 g/mol. The van der Waals surface area contributed by atoms with Gasteiger partial charge in [0, 0.05) is 38.3 Å². The van der Waals surface area contributed by atoms with E-state index in [1.807, 2.05) is 18.2 Å². The molecule has 1 aromatic carbocycles. The Morgan fingerprint density at radius 1 is 1.20 bits per heavy atom. The zero-order chi connectivity index (χ0) is 18.2. The topological polar surface area (TPSA) is 48.9 Å². The first-order valence-electron chi connectivity index (χ1n) is 8.64. The molecule has 0 aromatic heterocycles. The van der Waals surface area contributed by atoms with Gasteiger partial charge in [0.05, 0.1) is 0 Å². The molecule has 0 fully saturated rings. The summed E-state index contributed by atoms with van der Waals surface area (Å²) < 4.78 is 6.03. The van der Waals surface area contributed by atoms with Gasteiger partial charge in [0.25, 0.3) is 0 Å². The summed E-state index contributed by atoms with van der Waals surface area (Å²) in [5.74, 6) is 1.71. The zero-order valence-corrected chi connectivity index (χ0v) is 19.0. The molecule has 0 aliphatic carbocycles. The summed E-state index contributed by atoms with van der Waals surface area (Å²) in [4.78, 5) is 6.58. The lowest BCUT2D eigenvalue weighted by Gasteiger charge is -2.24. The summed E-state index contributed by atoms with van der Waals surface area (Å²) in [6.07, 6.45) is 0. The van der Waals surface area contributed by atoms with E-state index in [2.05, 4.69) is 68.3 Å². The average molecular weight is 462 g/mol. The highest BCUT2D eigenvalue weighted by Gasteiger charge is 2.14. The number of hydrogen-bond donors (Lipinski definition) is 2. The fourth-order valence-corrected chi connectivity index (χ4v) is 2.09. The first-order valence-corrected chi connectivity index (χ1v) is 8.64. The van der Waals surface area contributed by atoms with E-state index in [4.69, 9.17) is 4.74 Å². The SMILES string of the molecule is CN=C(NCCN(C)C(C)C)NCc1ccccc1OC(C)(C)C.I.